The summed E-state index contributed by atoms with van der Waals surface area (Å²) >= 11 is 0. The number of carbonyl (C=O) groups is 1. The second kappa shape index (κ2) is 11.7. The number of halogens is 3. The summed E-state index contributed by atoms with van der Waals surface area (Å²) in [5.41, 5.74) is 8.65. The number of likely N-dealkylation sites (tertiary alicyclic amines) is 1. The highest BCUT2D eigenvalue weighted by atomic mass is 19.4. The third-order valence-corrected chi connectivity index (χ3v) is 8.13. The molecule has 5 N–H and O–H groups in total. The van der Waals surface area contributed by atoms with Crippen LogP contribution in [0.4, 0.5) is 30.4 Å². The number of amides is 1. The van der Waals surface area contributed by atoms with Gasteiger partial charge in [0.15, 0.2) is 11.4 Å². The molecule has 222 valence electrons. The molecule has 2 aliphatic heterocycles. The number of fused-ring (bicyclic) bond motifs is 1. The summed E-state index contributed by atoms with van der Waals surface area (Å²) in [6.45, 7) is 3.26. The van der Waals surface area contributed by atoms with Crippen molar-refractivity contribution in [2.75, 3.05) is 30.3 Å². The van der Waals surface area contributed by atoms with E-state index in [4.69, 9.17) is 15.7 Å². The third kappa shape index (κ3) is 5.91. The van der Waals surface area contributed by atoms with E-state index in [1.807, 2.05) is 36.4 Å². The molecule has 2 aliphatic rings. The number of anilines is 2. The second-order valence-electron chi connectivity index (χ2n) is 11.0. The van der Waals surface area contributed by atoms with E-state index >= 15 is 0 Å². The molecule has 0 spiro atoms. The number of nitrogen functional groups attached to an aromatic ring is 1. The highest BCUT2D eigenvalue weighted by molar-refractivity contribution is 6.12. The zero-order valence-corrected chi connectivity index (χ0v) is 23.5. The molecular weight excluding hydrogens is 557 g/mol. The lowest BCUT2D eigenvalue weighted by atomic mass is 9.99. The Morgan fingerprint density at radius 2 is 1.74 bits per heavy atom. The van der Waals surface area contributed by atoms with Crippen molar-refractivity contribution < 1.29 is 27.8 Å². The van der Waals surface area contributed by atoms with Gasteiger partial charge in [-0.15, -0.1) is 0 Å². The van der Waals surface area contributed by atoms with E-state index in [2.05, 4.69) is 22.2 Å². The highest BCUT2D eigenvalue weighted by Crippen LogP contribution is 2.32. The van der Waals surface area contributed by atoms with Gasteiger partial charge in [-0.2, -0.15) is 13.2 Å². The van der Waals surface area contributed by atoms with E-state index in [9.17, 15) is 18.0 Å². The molecule has 1 saturated heterocycles. The van der Waals surface area contributed by atoms with Crippen LogP contribution in [0.5, 0.6) is 0 Å². The average Bonchev–Trinajstić information content (AvgIpc) is 3.61. The number of aromatic nitrogens is 1. The summed E-state index contributed by atoms with van der Waals surface area (Å²) in [5, 5.41) is 13.5. The Labute approximate surface area is 246 Å². The molecule has 8 nitrogen and oxygen atoms in total. The molecule has 1 aromatic heterocycles. The molecule has 3 aromatic carbocycles. The summed E-state index contributed by atoms with van der Waals surface area (Å²) in [6, 6.07) is 20.7. The first-order valence-electron chi connectivity index (χ1n) is 14.3. The second-order valence-corrected chi connectivity index (χ2v) is 11.0. The lowest BCUT2D eigenvalue weighted by molar-refractivity contribution is -0.511. The van der Waals surface area contributed by atoms with Crippen LogP contribution >= 0.6 is 0 Å². The largest absolute Gasteiger partial charge is 0.433 e. The fourth-order valence-electron chi connectivity index (χ4n) is 5.92. The van der Waals surface area contributed by atoms with Crippen LogP contribution in [-0.4, -0.2) is 47.5 Å². The van der Waals surface area contributed by atoms with Gasteiger partial charge in [-0.05, 0) is 73.7 Å². The van der Waals surface area contributed by atoms with Gasteiger partial charge >= 0.3 is 12.1 Å². The summed E-state index contributed by atoms with van der Waals surface area (Å²) in [5.74, 6) is -0.458. The number of rotatable bonds is 7. The van der Waals surface area contributed by atoms with Gasteiger partial charge in [-0.25, -0.2) is 0 Å². The number of carbonyl (C=O) groups excluding carboxylic acids is 1. The molecule has 6 rings (SSSR count). The van der Waals surface area contributed by atoms with E-state index in [0.717, 1.165) is 30.8 Å². The SMILES string of the molecule is N=C(C1=C([NH2+]c2ccc3onc(N)c3c2)C(=O)N(c2ccc(-c3ccccc3CN3CCCC3)cc2)CCC1)C(F)(F)F. The Hall–Kier alpha value is -4.48. The Bertz CT molecular complexity index is 1700. The van der Waals surface area contributed by atoms with Crippen LogP contribution in [0.3, 0.4) is 0 Å². The molecule has 0 saturated carbocycles. The standard InChI is InChI=1S/C32H31F3N6O2/c33-32(34,35)29(36)25-8-5-17-41(31(42)28(25)38-22-11-14-27-26(18-22)30(37)39-43-27)23-12-9-20(10-13-23)24-7-2-1-6-21(24)19-40-15-3-4-16-40/h1-2,6-7,9-14,18,36,38H,3-5,8,15-17,19H2,(H2,37,39)/p+1. The quantitative estimate of drug-likeness (QED) is 0.194. The number of nitrogens with zero attached hydrogens (tertiary/aromatic N) is 3. The van der Waals surface area contributed by atoms with E-state index in [-0.39, 0.29) is 36.5 Å². The summed E-state index contributed by atoms with van der Waals surface area (Å²) in [4.78, 5) is 17.9. The summed E-state index contributed by atoms with van der Waals surface area (Å²) in [6.07, 6.45) is -2.26. The Morgan fingerprint density at radius 1 is 1.00 bits per heavy atom. The first kappa shape index (κ1) is 28.6. The van der Waals surface area contributed by atoms with Crippen molar-refractivity contribution in [3.8, 4) is 11.1 Å². The number of hydrogen-bond donors (Lipinski definition) is 3. The molecule has 0 atom stereocenters. The van der Waals surface area contributed by atoms with Crippen LogP contribution < -0.4 is 16.0 Å². The lowest BCUT2D eigenvalue weighted by Crippen LogP contribution is -2.79. The molecule has 0 aliphatic carbocycles. The predicted octanol–water partition coefficient (Wildman–Crippen LogP) is 5.53. The molecule has 11 heteroatoms. The van der Waals surface area contributed by atoms with Crippen LogP contribution in [0.2, 0.25) is 0 Å². The van der Waals surface area contributed by atoms with Crippen molar-refractivity contribution >= 4 is 39.8 Å². The summed E-state index contributed by atoms with van der Waals surface area (Å²) in [7, 11) is 0. The Kier molecular flexibility index (Phi) is 7.76. The molecule has 1 amide bonds. The van der Waals surface area contributed by atoms with Gasteiger partial charge in [0.2, 0.25) is 5.70 Å². The Morgan fingerprint density at radius 3 is 2.49 bits per heavy atom. The first-order chi connectivity index (χ1) is 20.7. The van der Waals surface area contributed by atoms with E-state index in [1.54, 1.807) is 18.2 Å². The first-order valence-corrected chi connectivity index (χ1v) is 14.3. The van der Waals surface area contributed by atoms with Gasteiger partial charge < -0.3 is 15.2 Å². The van der Waals surface area contributed by atoms with Crippen LogP contribution in [0, 0.1) is 5.41 Å². The number of benzene rings is 3. The molecule has 4 aromatic rings. The minimum atomic E-state index is -4.89. The monoisotopic (exact) mass is 589 g/mol. The maximum absolute atomic E-state index is 14.0. The van der Waals surface area contributed by atoms with E-state index in [0.29, 0.717) is 22.3 Å². The zero-order valence-electron chi connectivity index (χ0n) is 23.5. The molecule has 1 fully saturated rings. The number of allylic oxidation sites excluding steroid dienone is 1. The molecule has 0 unspecified atom stereocenters. The van der Waals surface area contributed by atoms with Crippen LogP contribution in [-0.2, 0) is 11.3 Å². The van der Waals surface area contributed by atoms with E-state index < -0.39 is 17.8 Å². The van der Waals surface area contributed by atoms with Crippen molar-refractivity contribution in [3.63, 3.8) is 0 Å². The van der Waals surface area contributed by atoms with Crippen molar-refractivity contribution in [1.82, 2.24) is 10.1 Å². The van der Waals surface area contributed by atoms with Gasteiger partial charge in [0.05, 0.1) is 5.39 Å². The predicted molar refractivity (Wildman–Crippen MR) is 159 cm³/mol. The number of quaternary nitrogens is 1. The maximum Gasteiger partial charge on any atom is 0.433 e. The topological polar surface area (TPSA) is 116 Å². The van der Waals surface area contributed by atoms with Gasteiger partial charge in [0.1, 0.15) is 11.4 Å². The van der Waals surface area contributed by atoms with Crippen molar-refractivity contribution in [2.24, 2.45) is 0 Å². The Balaban J connectivity index is 1.32. The summed E-state index contributed by atoms with van der Waals surface area (Å²) < 4.78 is 46.5. The molecular formula is C32H32F3N6O2+. The number of nitrogens with one attached hydrogen (secondary N) is 1. The molecule has 43 heavy (non-hydrogen) atoms. The lowest BCUT2D eigenvalue weighted by Gasteiger charge is -2.22. The van der Waals surface area contributed by atoms with Crippen molar-refractivity contribution in [2.45, 2.75) is 38.4 Å². The number of hydrogen-bond acceptors (Lipinski definition) is 6. The normalized spacial score (nSPS) is 16.7. The fraction of sp³-hybridized carbons (Fsp3) is 0.281. The number of alkyl halides is 3. The van der Waals surface area contributed by atoms with Gasteiger partial charge in [0.25, 0.3) is 0 Å². The number of nitrogens with two attached hydrogens (primary N) is 2. The molecule has 3 heterocycles. The zero-order chi connectivity index (χ0) is 30.1. The van der Waals surface area contributed by atoms with Gasteiger partial charge in [-0.3, -0.25) is 20.4 Å². The maximum atomic E-state index is 14.0. The van der Waals surface area contributed by atoms with Crippen molar-refractivity contribution in [3.05, 3.63) is 83.6 Å². The van der Waals surface area contributed by atoms with E-state index in [1.165, 1.54) is 28.6 Å². The van der Waals surface area contributed by atoms with Gasteiger partial charge in [0, 0.05) is 36.5 Å². The molecule has 0 radical (unpaired) electrons. The molecule has 0 bridgehead atoms. The average molecular weight is 590 g/mol. The third-order valence-electron chi connectivity index (χ3n) is 8.13. The van der Waals surface area contributed by atoms with Crippen molar-refractivity contribution in [1.29, 1.82) is 5.41 Å². The minimum absolute atomic E-state index is 0.0635. The highest BCUT2D eigenvalue weighted by Gasteiger charge is 2.42. The van der Waals surface area contributed by atoms with Crippen LogP contribution in [0.15, 0.2) is 82.5 Å². The minimum Gasteiger partial charge on any atom is -0.380 e. The van der Waals surface area contributed by atoms with Crippen LogP contribution in [0.1, 0.15) is 31.2 Å². The van der Waals surface area contributed by atoms with Crippen LogP contribution in [0.25, 0.3) is 22.1 Å². The fourth-order valence-corrected chi connectivity index (χ4v) is 5.92. The van der Waals surface area contributed by atoms with Gasteiger partial charge in [-0.1, -0.05) is 41.6 Å². The smallest absolute Gasteiger partial charge is 0.380 e.